The third-order valence-corrected chi connectivity index (χ3v) is 9.18. The molecule has 0 N–H and O–H groups in total. The van der Waals surface area contributed by atoms with Crippen LogP contribution < -0.4 is 4.90 Å². The minimum atomic E-state index is 0.608. The van der Waals surface area contributed by atoms with Crippen molar-refractivity contribution in [2.45, 2.75) is 0 Å². The Kier molecular flexibility index (Phi) is 9.15. The Balaban J connectivity index is 1.08. The van der Waals surface area contributed by atoms with E-state index >= 15 is 0 Å². The third kappa shape index (κ3) is 7.23. The van der Waals surface area contributed by atoms with E-state index in [-0.39, 0.29) is 0 Å². The quantitative estimate of drug-likeness (QED) is 0.148. The Morgan fingerprint density at radius 3 is 0.655 bits per heavy atom. The average Bonchev–Trinajstić information content (AvgIpc) is 3.28. The van der Waals surface area contributed by atoms with Crippen molar-refractivity contribution in [1.82, 2.24) is 29.9 Å². The van der Waals surface area contributed by atoms with Gasteiger partial charge in [-0.25, -0.2) is 29.9 Å². The molecule has 7 heteroatoms. The Labute approximate surface area is 319 Å². The van der Waals surface area contributed by atoms with Gasteiger partial charge in [-0.15, -0.1) is 0 Å². The van der Waals surface area contributed by atoms with Crippen LogP contribution in [0.1, 0.15) is 0 Å². The number of hydrogen-bond donors (Lipinski definition) is 0. The second-order valence-corrected chi connectivity index (χ2v) is 12.8. The molecule has 0 atom stereocenters. The lowest BCUT2D eigenvalue weighted by Gasteiger charge is -2.25. The molecule has 2 heterocycles. The van der Waals surface area contributed by atoms with Gasteiger partial charge in [-0.3, -0.25) is 0 Å². The first-order valence-corrected chi connectivity index (χ1v) is 18.1. The highest BCUT2D eigenvalue weighted by atomic mass is 15.1. The zero-order valence-electron chi connectivity index (χ0n) is 29.7. The summed E-state index contributed by atoms with van der Waals surface area (Å²) in [6.07, 6.45) is 0. The number of rotatable bonds is 9. The van der Waals surface area contributed by atoms with E-state index < -0.39 is 0 Å². The Bertz CT molecular complexity index is 2370. The van der Waals surface area contributed by atoms with Gasteiger partial charge in [0.1, 0.15) is 0 Å². The summed E-state index contributed by atoms with van der Waals surface area (Å²) < 4.78 is 0. The highest BCUT2D eigenvalue weighted by Gasteiger charge is 2.17. The van der Waals surface area contributed by atoms with E-state index in [9.17, 15) is 0 Å². The summed E-state index contributed by atoms with van der Waals surface area (Å²) in [6.45, 7) is 0. The molecule has 0 fully saturated rings. The Morgan fingerprint density at radius 1 is 0.200 bits per heavy atom. The van der Waals surface area contributed by atoms with Gasteiger partial charge in [0.25, 0.3) is 0 Å². The van der Waals surface area contributed by atoms with E-state index in [0.29, 0.717) is 34.9 Å². The van der Waals surface area contributed by atoms with Crippen molar-refractivity contribution in [1.29, 1.82) is 0 Å². The van der Waals surface area contributed by atoms with Crippen molar-refractivity contribution in [2.24, 2.45) is 0 Å². The fourth-order valence-corrected chi connectivity index (χ4v) is 6.42. The van der Waals surface area contributed by atoms with Gasteiger partial charge in [-0.1, -0.05) is 140 Å². The van der Waals surface area contributed by atoms with Gasteiger partial charge in [-0.2, -0.15) is 0 Å². The van der Waals surface area contributed by atoms with Crippen LogP contribution in [0, 0.1) is 0 Å². The molecule has 7 aromatic carbocycles. The molecular formula is C48H33N7. The predicted octanol–water partition coefficient (Wildman–Crippen LogP) is 11.5. The van der Waals surface area contributed by atoms with Crippen molar-refractivity contribution in [2.75, 3.05) is 4.90 Å². The van der Waals surface area contributed by atoms with E-state index in [2.05, 4.69) is 65.6 Å². The zero-order chi connectivity index (χ0) is 36.8. The molecule has 0 amide bonds. The van der Waals surface area contributed by atoms with Crippen LogP contribution in [0.2, 0.25) is 0 Å². The lowest BCUT2D eigenvalue weighted by molar-refractivity contribution is 1.07. The molecule has 0 saturated heterocycles. The van der Waals surface area contributed by atoms with Gasteiger partial charge in [0.15, 0.2) is 34.9 Å². The summed E-state index contributed by atoms with van der Waals surface area (Å²) in [5, 5.41) is 0. The van der Waals surface area contributed by atoms with Crippen molar-refractivity contribution in [3.8, 4) is 68.3 Å². The standard InChI is InChI=1S/C48H33N7/c1-6-16-34(17-7-1)43-49-44(35-18-8-2-9-19-35)52-47(51-43)38-26-30-41(31-27-38)55(40-24-14-5-15-25-40)42-32-28-39(29-33-42)48-53-45(36-20-10-3-11-21-36)50-46(54-48)37-22-12-4-13-23-37/h1-33H. The first-order valence-electron chi connectivity index (χ1n) is 18.1. The molecule has 0 bridgehead atoms. The molecule has 260 valence electrons. The lowest BCUT2D eigenvalue weighted by Crippen LogP contribution is -2.10. The molecule has 0 aliphatic carbocycles. The molecule has 0 spiro atoms. The fourth-order valence-electron chi connectivity index (χ4n) is 6.42. The molecule has 9 aromatic rings. The minimum Gasteiger partial charge on any atom is -0.311 e. The molecule has 0 radical (unpaired) electrons. The summed E-state index contributed by atoms with van der Waals surface area (Å²) in [7, 11) is 0. The van der Waals surface area contributed by atoms with Gasteiger partial charge in [0.05, 0.1) is 0 Å². The smallest absolute Gasteiger partial charge is 0.164 e. The number of anilines is 3. The number of hydrogen-bond acceptors (Lipinski definition) is 7. The molecule has 7 nitrogen and oxygen atoms in total. The van der Waals surface area contributed by atoms with Gasteiger partial charge >= 0.3 is 0 Å². The van der Waals surface area contributed by atoms with Gasteiger partial charge < -0.3 is 4.90 Å². The molecule has 9 rings (SSSR count). The summed E-state index contributed by atoms with van der Waals surface area (Å²) in [5.74, 6) is 3.73. The van der Waals surface area contributed by atoms with Gasteiger partial charge in [-0.05, 0) is 60.7 Å². The van der Waals surface area contributed by atoms with Crippen LogP contribution >= 0.6 is 0 Å². The van der Waals surface area contributed by atoms with Crippen LogP contribution in [0.15, 0.2) is 200 Å². The number of para-hydroxylation sites is 1. The maximum atomic E-state index is 4.93. The number of benzene rings is 7. The zero-order valence-corrected chi connectivity index (χ0v) is 29.7. The Morgan fingerprint density at radius 2 is 0.400 bits per heavy atom. The summed E-state index contributed by atoms with van der Waals surface area (Å²) in [6, 6.07) is 67.1. The predicted molar refractivity (Wildman–Crippen MR) is 221 cm³/mol. The fraction of sp³-hybridized carbons (Fsp3) is 0. The van der Waals surface area contributed by atoms with Crippen molar-refractivity contribution < 1.29 is 0 Å². The second-order valence-electron chi connectivity index (χ2n) is 12.8. The van der Waals surface area contributed by atoms with Crippen LogP contribution in [0.5, 0.6) is 0 Å². The largest absolute Gasteiger partial charge is 0.311 e. The molecule has 55 heavy (non-hydrogen) atoms. The normalized spacial score (nSPS) is 10.9. The van der Waals surface area contributed by atoms with E-state index in [0.717, 1.165) is 50.4 Å². The van der Waals surface area contributed by atoms with Crippen LogP contribution in [0.4, 0.5) is 17.1 Å². The first-order chi connectivity index (χ1) is 27.2. The average molecular weight is 708 g/mol. The summed E-state index contributed by atoms with van der Waals surface area (Å²) in [5.41, 5.74) is 8.52. The highest BCUT2D eigenvalue weighted by Crippen LogP contribution is 2.37. The minimum absolute atomic E-state index is 0.608. The van der Waals surface area contributed by atoms with Crippen LogP contribution in [-0.4, -0.2) is 29.9 Å². The van der Waals surface area contributed by atoms with Crippen LogP contribution in [0.25, 0.3) is 68.3 Å². The number of aromatic nitrogens is 6. The van der Waals surface area contributed by atoms with Gasteiger partial charge in [0, 0.05) is 50.4 Å². The maximum absolute atomic E-state index is 4.93. The SMILES string of the molecule is c1ccc(-c2nc(-c3ccccc3)nc(-c3ccc(N(c4ccccc4)c4ccc(-c5nc(-c6ccccc6)nc(-c6ccccc6)n5)cc4)cc3)n2)cc1. The van der Waals surface area contributed by atoms with Crippen molar-refractivity contribution in [3.63, 3.8) is 0 Å². The van der Waals surface area contributed by atoms with Crippen molar-refractivity contribution >= 4 is 17.1 Å². The molecule has 0 saturated carbocycles. The van der Waals surface area contributed by atoms with E-state index in [1.807, 2.05) is 140 Å². The number of nitrogens with zero attached hydrogens (tertiary/aromatic N) is 7. The molecular weight excluding hydrogens is 675 g/mol. The summed E-state index contributed by atoms with van der Waals surface area (Å²) >= 11 is 0. The topological polar surface area (TPSA) is 80.6 Å². The van der Waals surface area contributed by atoms with E-state index in [1.54, 1.807) is 0 Å². The molecule has 2 aromatic heterocycles. The van der Waals surface area contributed by atoms with Gasteiger partial charge in [0.2, 0.25) is 0 Å². The summed E-state index contributed by atoms with van der Waals surface area (Å²) in [4.78, 5) is 31.6. The van der Waals surface area contributed by atoms with Crippen LogP contribution in [0.3, 0.4) is 0 Å². The van der Waals surface area contributed by atoms with E-state index in [1.165, 1.54) is 0 Å². The van der Waals surface area contributed by atoms with Crippen LogP contribution in [-0.2, 0) is 0 Å². The maximum Gasteiger partial charge on any atom is 0.164 e. The third-order valence-electron chi connectivity index (χ3n) is 9.18. The Hall–Kier alpha value is -7.64. The molecule has 0 aliphatic heterocycles. The highest BCUT2D eigenvalue weighted by molar-refractivity contribution is 5.79. The first kappa shape index (κ1) is 33.2. The second kappa shape index (κ2) is 15.1. The lowest BCUT2D eigenvalue weighted by atomic mass is 10.1. The molecule has 0 aliphatic rings. The monoisotopic (exact) mass is 707 g/mol. The van der Waals surface area contributed by atoms with Crippen molar-refractivity contribution in [3.05, 3.63) is 200 Å². The molecule has 0 unspecified atom stereocenters. The van der Waals surface area contributed by atoms with E-state index in [4.69, 9.17) is 29.9 Å².